The Morgan fingerprint density at radius 3 is 2.28 bits per heavy atom. The van der Waals surface area contributed by atoms with Crippen LogP contribution in [-0.4, -0.2) is 49.9 Å². The maximum atomic E-state index is 12.3. The van der Waals surface area contributed by atoms with Gasteiger partial charge in [-0.15, -0.1) is 0 Å². The zero-order chi connectivity index (χ0) is 18.2. The van der Waals surface area contributed by atoms with Gasteiger partial charge < -0.3 is 10.2 Å². The quantitative estimate of drug-likeness (QED) is 0.734. The van der Waals surface area contributed by atoms with Gasteiger partial charge >= 0.3 is 0 Å². The Hall–Kier alpha value is -1.69. The molecule has 0 saturated heterocycles. The summed E-state index contributed by atoms with van der Waals surface area (Å²) in [6.45, 7) is 1.73. The second kappa shape index (κ2) is 9.70. The van der Waals surface area contributed by atoms with E-state index < -0.39 is 0 Å². The smallest absolute Gasteiger partial charge is 0.234 e. The summed E-state index contributed by atoms with van der Waals surface area (Å²) in [5.74, 6) is 0.0439. The van der Waals surface area contributed by atoms with Gasteiger partial charge in [-0.1, -0.05) is 58.4 Å². The Balaban J connectivity index is 1.83. The van der Waals surface area contributed by atoms with Crippen molar-refractivity contribution in [2.75, 3.05) is 34.2 Å². The summed E-state index contributed by atoms with van der Waals surface area (Å²) in [5.41, 5.74) is 2.39. The summed E-state index contributed by atoms with van der Waals surface area (Å²) in [7, 11) is 6.02. The summed E-state index contributed by atoms with van der Waals surface area (Å²) in [6, 6.07) is 18.6. The number of carbonyl (C=O) groups excluding carboxylic acids is 1. The van der Waals surface area contributed by atoms with Crippen molar-refractivity contribution in [3.05, 3.63) is 70.2 Å². The van der Waals surface area contributed by atoms with Crippen LogP contribution >= 0.6 is 15.9 Å². The van der Waals surface area contributed by atoms with Crippen LogP contribution in [0.1, 0.15) is 17.2 Å². The zero-order valence-corrected chi connectivity index (χ0v) is 16.7. The first kappa shape index (κ1) is 19.6. The summed E-state index contributed by atoms with van der Waals surface area (Å²) in [6.07, 6.45) is 0. The van der Waals surface area contributed by atoms with E-state index in [1.165, 1.54) is 11.1 Å². The van der Waals surface area contributed by atoms with Gasteiger partial charge in [-0.2, -0.15) is 0 Å². The van der Waals surface area contributed by atoms with Crippen LogP contribution in [0.4, 0.5) is 0 Å². The lowest BCUT2D eigenvalue weighted by Crippen LogP contribution is -2.39. The lowest BCUT2D eigenvalue weighted by atomic mass is 10.1. The molecule has 0 heterocycles. The van der Waals surface area contributed by atoms with Crippen LogP contribution in [0.25, 0.3) is 0 Å². The number of nitrogens with zero attached hydrogens (tertiary/aromatic N) is 2. The van der Waals surface area contributed by atoms with E-state index in [1.54, 1.807) is 0 Å². The van der Waals surface area contributed by atoms with Gasteiger partial charge in [0.2, 0.25) is 5.91 Å². The van der Waals surface area contributed by atoms with E-state index in [0.717, 1.165) is 11.0 Å². The molecule has 0 aliphatic rings. The molecule has 5 heteroatoms. The predicted octanol–water partition coefficient (Wildman–Crippen LogP) is 3.30. The highest BCUT2D eigenvalue weighted by Gasteiger charge is 2.15. The molecule has 0 radical (unpaired) electrons. The van der Waals surface area contributed by atoms with Gasteiger partial charge in [0.15, 0.2) is 0 Å². The second-order valence-corrected chi connectivity index (χ2v) is 7.41. The minimum atomic E-state index is 0.0439. The highest BCUT2D eigenvalue weighted by atomic mass is 79.9. The lowest BCUT2D eigenvalue weighted by molar-refractivity contribution is -0.122. The number of carbonyl (C=O) groups is 1. The number of hydrogen-bond acceptors (Lipinski definition) is 3. The fourth-order valence-electron chi connectivity index (χ4n) is 2.74. The van der Waals surface area contributed by atoms with E-state index in [-0.39, 0.29) is 11.9 Å². The van der Waals surface area contributed by atoms with Gasteiger partial charge in [0, 0.05) is 17.6 Å². The van der Waals surface area contributed by atoms with Crippen LogP contribution in [0.15, 0.2) is 59.1 Å². The van der Waals surface area contributed by atoms with Crippen molar-refractivity contribution in [1.29, 1.82) is 0 Å². The largest absolute Gasteiger partial charge is 0.353 e. The minimum Gasteiger partial charge on any atom is -0.353 e. The van der Waals surface area contributed by atoms with Crippen LogP contribution < -0.4 is 5.32 Å². The van der Waals surface area contributed by atoms with Crippen molar-refractivity contribution in [2.45, 2.75) is 12.6 Å². The molecule has 2 aromatic rings. The van der Waals surface area contributed by atoms with Crippen molar-refractivity contribution in [2.24, 2.45) is 0 Å². The monoisotopic (exact) mass is 403 g/mol. The number of nitrogens with one attached hydrogen (secondary N) is 1. The first-order chi connectivity index (χ1) is 12.0. The summed E-state index contributed by atoms with van der Waals surface area (Å²) >= 11 is 3.44. The van der Waals surface area contributed by atoms with Crippen molar-refractivity contribution >= 4 is 21.8 Å². The number of halogens is 1. The molecule has 0 bridgehead atoms. The van der Waals surface area contributed by atoms with Crippen LogP contribution in [0.3, 0.4) is 0 Å². The van der Waals surface area contributed by atoms with Gasteiger partial charge in [-0.05, 0) is 44.4 Å². The molecule has 134 valence electrons. The minimum absolute atomic E-state index is 0.0439. The summed E-state index contributed by atoms with van der Waals surface area (Å²) < 4.78 is 1.06. The predicted molar refractivity (Wildman–Crippen MR) is 106 cm³/mol. The highest BCUT2D eigenvalue weighted by molar-refractivity contribution is 9.10. The van der Waals surface area contributed by atoms with Gasteiger partial charge in [0.05, 0.1) is 12.6 Å². The normalized spacial score (nSPS) is 12.4. The maximum absolute atomic E-state index is 12.3. The van der Waals surface area contributed by atoms with Gasteiger partial charge in [-0.25, -0.2) is 0 Å². The molecule has 0 saturated carbocycles. The van der Waals surface area contributed by atoms with Crippen LogP contribution in [0, 0.1) is 0 Å². The first-order valence-corrected chi connectivity index (χ1v) is 9.16. The van der Waals surface area contributed by atoms with E-state index in [0.29, 0.717) is 13.1 Å². The van der Waals surface area contributed by atoms with Crippen LogP contribution in [0.2, 0.25) is 0 Å². The molecule has 1 N–H and O–H groups in total. The fraction of sp³-hybridized carbons (Fsp3) is 0.350. The summed E-state index contributed by atoms with van der Waals surface area (Å²) in [4.78, 5) is 16.4. The average Bonchev–Trinajstić information content (AvgIpc) is 2.57. The fourth-order valence-corrected chi connectivity index (χ4v) is 3.01. The van der Waals surface area contributed by atoms with Gasteiger partial charge in [-0.3, -0.25) is 9.69 Å². The van der Waals surface area contributed by atoms with Crippen LogP contribution in [0.5, 0.6) is 0 Å². The number of amides is 1. The molecule has 1 unspecified atom stereocenters. The molecule has 1 atom stereocenters. The van der Waals surface area contributed by atoms with Gasteiger partial charge in [0.1, 0.15) is 0 Å². The van der Waals surface area contributed by atoms with Crippen molar-refractivity contribution in [3.63, 3.8) is 0 Å². The highest BCUT2D eigenvalue weighted by Crippen LogP contribution is 2.16. The summed E-state index contributed by atoms with van der Waals surface area (Å²) in [5, 5.41) is 3.06. The van der Waals surface area contributed by atoms with Gasteiger partial charge in [0.25, 0.3) is 0 Å². The number of hydrogen-bond donors (Lipinski definition) is 1. The molecule has 0 fully saturated rings. The second-order valence-electron chi connectivity index (χ2n) is 6.49. The van der Waals surface area contributed by atoms with E-state index in [1.807, 2.05) is 56.4 Å². The van der Waals surface area contributed by atoms with Crippen molar-refractivity contribution in [3.8, 4) is 0 Å². The Morgan fingerprint density at radius 1 is 1.04 bits per heavy atom. The number of rotatable bonds is 8. The lowest BCUT2D eigenvalue weighted by Gasteiger charge is -2.25. The number of benzene rings is 2. The molecule has 0 aliphatic heterocycles. The molecule has 0 aromatic heterocycles. The van der Waals surface area contributed by atoms with E-state index in [9.17, 15) is 4.79 Å². The molecule has 0 spiro atoms. The maximum Gasteiger partial charge on any atom is 0.234 e. The third-order valence-electron chi connectivity index (χ3n) is 4.08. The topological polar surface area (TPSA) is 35.6 Å². The van der Waals surface area contributed by atoms with E-state index >= 15 is 0 Å². The third-order valence-corrected chi connectivity index (χ3v) is 4.61. The molecule has 25 heavy (non-hydrogen) atoms. The van der Waals surface area contributed by atoms with Crippen molar-refractivity contribution in [1.82, 2.24) is 15.1 Å². The van der Waals surface area contributed by atoms with Crippen LogP contribution in [-0.2, 0) is 11.3 Å². The Labute approximate surface area is 159 Å². The zero-order valence-electron chi connectivity index (χ0n) is 15.1. The Bertz CT molecular complexity index is 658. The first-order valence-electron chi connectivity index (χ1n) is 8.37. The van der Waals surface area contributed by atoms with E-state index in [2.05, 4.69) is 50.4 Å². The Kier molecular flexibility index (Phi) is 7.62. The third kappa shape index (κ3) is 6.61. The molecular formula is C20H26BrN3O. The molecule has 0 aliphatic carbocycles. The molecule has 1 amide bonds. The van der Waals surface area contributed by atoms with E-state index in [4.69, 9.17) is 0 Å². The molecule has 2 rings (SSSR count). The number of likely N-dealkylation sites (N-methyl/N-ethyl adjacent to an activating group) is 2. The standard InChI is InChI=1S/C20H26BrN3O/c1-23(2)19(17-7-5-4-6-8-17)13-22-20(25)15-24(3)14-16-9-11-18(21)12-10-16/h4-12,19H,13-15H2,1-3H3,(H,22,25). The molecule has 2 aromatic carbocycles. The molecular weight excluding hydrogens is 378 g/mol. The Morgan fingerprint density at radius 2 is 1.68 bits per heavy atom. The SMILES string of the molecule is CN(CC(=O)NCC(c1ccccc1)N(C)C)Cc1ccc(Br)cc1. The molecule has 4 nitrogen and oxygen atoms in total. The van der Waals surface area contributed by atoms with Crippen molar-refractivity contribution < 1.29 is 4.79 Å². The average molecular weight is 404 g/mol.